The van der Waals surface area contributed by atoms with Crippen molar-refractivity contribution >= 4 is 11.9 Å². The Balaban J connectivity index is 3.55. The molecule has 0 heterocycles. The maximum Gasteiger partial charge on any atom is 0.339 e. The average Bonchev–Trinajstić information content (AvgIpc) is 3.46. The summed E-state index contributed by atoms with van der Waals surface area (Å²) < 4.78 is 14.2. The Morgan fingerprint density at radius 3 is 0.525 bits per heavy atom. The summed E-state index contributed by atoms with van der Waals surface area (Å²) in [5.74, 6) is -0.606. The van der Waals surface area contributed by atoms with Gasteiger partial charge in [0.15, 0.2) is 0 Å². The fraction of sp³-hybridized carbons (Fsp3) is 0.895. The van der Waals surface area contributed by atoms with Crippen LogP contribution in [0.2, 0.25) is 0 Å². The zero-order valence-corrected chi connectivity index (χ0v) is 55.4. The highest BCUT2D eigenvalue weighted by molar-refractivity contribution is 6.03. The second kappa shape index (κ2) is 57.6. The highest BCUT2D eigenvalue weighted by Crippen LogP contribution is 2.37. The molecular weight excluding hydrogens is 977 g/mol. The zero-order valence-electron chi connectivity index (χ0n) is 55.4. The summed E-state index contributed by atoms with van der Waals surface area (Å²) in [6.07, 6.45) is 75.0. The first-order valence-corrected chi connectivity index (χ1v) is 36.9. The molecule has 0 spiro atoms. The lowest BCUT2D eigenvalue weighted by atomic mass is 9.84. The van der Waals surface area contributed by atoms with E-state index < -0.39 is 11.2 Å². The lowest BCUT2D eigenvalue weighted by Gasteiger charge is -2.36. The van der Waals surface area contributed by atoms with Gasteiger partial charge in [0.1, 0.15) is 11.2 Å². The van der Waals surface area contributed by atoms with E-state index in [0.29, 0.717) is 11.1 Å². The normalized spacial score (nSPS) is 12.0. The van der Waals surface area contributed by atoms with E-state index in [4.69, 9.17) is 9.47 Å². The van der Waals surface area contributed by atoms with Gasteiger partial charge in [-0.3, -0.25) is 0 Å². The molecule has 0 aliphatic carbocycles. The number of esters is 2. The number of carbonyl (C=O) groups excluding carboxylic acids is 2. The molecule has 1 rings (SSSR count). The van der Waals surface area contributed by atoms with Crippen LogP contribution in [0, 0.1) is 0 Å². The van der Waals surface area contributed by atoms with Crippen molar-refractivity contribution in [3.8, 4) is 0 Å². The molecule has 0 N–H and O–H groups in total. The molecule has 470 valence electrons. The minimum absolute atomic E-state index is 0.303. The van der Waals surface area contributed by atoms with Crippen molar-refractivity contribution in [1.82, 2.24) is 0 Å². The van der Waals surface area contributed by atoms with Gasteiger partial charge in [-0.25, -0.2) is 9.59 Å². The third-order valence-corrected chi connectivity index (χ3v) is 18.4. The predicted octanol–water partition coefficient (Wildman–Crippen LogP) is 27.0. The first-order chi connectivity index (χ1) is 39.4. The van der Waals surface area contributed by atoms with E-state index >= 15 is 9.59 Å². The summed E-state index contributed by atoms with van der Waals surface area (Å²) in [6.45, 7) is 13.8. The largest absolute Gasteiger partial charge is 0.455 e. The number of hydrogen-bond acceptors (Lipinski definition) is 4. The number of rotatable bonds is 64. The third-order valence-electron chi connectivity index (χ3n) is 18.4. The summed E-state index contributed by atoms with van der Waals surface area (Å²) >= 11 is 0. The smallest absolute Gasteiger partial charge is 0.339 e. The van der Waals surface area contributed by atoms with Gasteiger partial charge in [0.25, 0.3) is 0 Å². The predicted molar refractivity (Wildman–Crippen MR) is 354 cm³/mol. The number of ether oxygens (including phenoxy) is 2. The molecule has 0 aliphatic heterocycles. The molecule has 0 fully saturated rings. The van der Waals surface area contributed by atoms with Crippen molar-refractivity contribution in [1.29, 1.82) is 0 Å². The highest BCUT2D eigenvalue weighted by atomic mass is 16.6. The topological polar surface area (TPSA) is 52.6 Å². The molecule has 1 aromatic carbocycles. The summed E-state index contributed by atoms with van der Waals surface area (Å²) in [5, 5.41) is 0. The fourth-order valence-corrected chi connectivity index (χ4v) is 12.9. The molecule has 80 heavy (non-hydrogen) atoms. The quantitative estimate of drug-likeness (QED) is 0.0482. The summed E-state index contributed by atoms with van der Waals surface area (Å²) in [6, 6.07) is 7.64. The molecular formula is C76H142O4. The number of unbranched alkanes of at least 4 members (excludes halogenated alkanes) is 48. The summed E-state index contributed by atoms with van der Waals surface area (Å²) in [4.78, 5) is 30.3. The van der Waals surface area contributed by atoms with Crippen LogP contribution < -0.4 is 0 Å². The van der Waals surface area contributed by atoms with Gasteiger partial charge in [0.2, 0.25) is 0 Å². The van der Waals surface area contributed by atoms with E-state index in [9.17, 15) is 0 Å². The molecule has 4 nitrogen and oxygen atoms in total. The zero-order chi connectivity index (χ0) is 58.0. The number of benzene rings is 1. The Morgan fingerprint density at radius 1 is 0.237 bits per heavy atom. The Labute approximate surface area is 502 Å². The lowest BCUT2D eigenvalue weighted by molar-refractivity contribution is -0.0400. The molecule has 0 aromatic heterocycles. The van der Waals surface area contributed by atoms with Crippen molar-refractivity contribution < 1.29 is 19.1 Å². The van der Waals surface area contributed by atoms with E-state index in [-0.39, 0.29) is 11.9 Å². The minimum Gasteiger partial charge on any atom is -0.455 e. The van der Waals surface area contributed by atoms with Crippen molar-refractivity contribution in [3.63, 3.8) is 0 Å². The standard InChI is InChI=1S/C76H142O4/c1-7-13-19-25-31-37-43-49-57-65-75(66-58-50-44-38-32-26-20-14-8-2,67-59-51-45-39-33-27-21-15-9-3)79-73(77)71-63-55-56-64-72(71)74(78)80-76(68-60-52-46-40-34-28-22-16-10-4,69-61-53-47-41-35-29-23-17-11-5)70-62-54-48-42-36-30-24-18-12-6/h55-56,63-64H,7-54,57-62,65-70H2,1-6H3. The van der Waals surface area contributed by atoms with Gasteiger partial charge in [0, 0.05) is 0 Å². The van der Waals surface area contributed by atoms with Crippen LogP contribution in [-0.4, -0.2) is 23.1 Å². The monoisotopic (exact) mass is 1120 g/mol. The Kier molecular flexibility index (Phi) is 54.8. The second-order valence-corrected chi connectivity index (χ2v) is 26.2. The van der Waals surface area contributed by atoms with Crippen molar-refractivity contribution in [3.05, 3.63) is 35.4 Å². The Bertz CT molecular complexity index is 1230. The van der Waals surface area contributed by atoms with Crippen LogP contribution in [-0.2, 0) is 9.47 Å². The highest BCUT2D eigenvalue weighted by Gasteiger charge is 2.37. The Hall–Kier alpha value is -1.84. The van der Waals surface area contributed by atoms with Crippen LogP contribution in [0.3, 0.4) is 0 Å². The molecule has 0 unspecified atom stereocenters. The van der Waals surface area contributed by atoms with Crippen LogP contribution in [0.15, 0.2) is 24.3 Å². The van der Waals surface area contributed by atoms with E-state index in [1.54, 1.807) is 0 Å². The van der Waals surface area contributed by atoms with Crippen molar-refractivity contribution in [2.45, 2.75) is 438 Å². The van der Waals surface area contributed by atoms with Gasteiger partial charge < -0.3 is 9.47 Å². The second-order valence-electron chi connectivity index (χ2n) is 26.2. The van der Waals surface area contributed by atoms with Crippen LogP contribution >= 0.6 is 0 Å². The molecule has 1 aromatic rings. The van der Waals surface area contributed by atoms with Crippen LogP contribution in [0.25, 0.3) is 0 Å². The number of carbonyl (C=O) groups is 2. The van der Waals surface area contributed by atoms with Gasteiger partial charge in [-0.15, -0.1) is 0 Å². The van der Waals surface area contributed by atoms with Gasteiger partial charge in [-0.05, 0) is 89.2 Å². The Morgan fingerprint density at radius 2 is 0.375 bits per heavy atom. The van der Waals surface area contributed by atoms with Gasteiger partial charge >= 0.3 is 11.9 Å². The molecule has 0 radical (unpaired) electrons. The van der Waals surface area contributed by atoms with Crippen LogP contribution in [0.5, 0.6) is 0 Å². The molecule has 0 bridgehead atoms. The van der Waals surface area contributed by atoms with E-state index in [1.165, 1.54) is 308 Å². The van der Waals surface area contributed by atoms with Crippen LogP contribution in [0.4, 0.5) is 0 Å². The average molecular weight is 1120 g/mol. The minimum atomic E-state index is -0.511. The SMILES string of the molecule is CCCCCCCCCCCC(CCCCCCCCCCC)(CCCCCCCCCCC)OC(=O)c1ccccc1C(=O)OC(CCCCCCCCCCC)(CCCCCCCCCCC)CCCCCCCCCCC. The van der Waals surface area contributed by atoms with E-state index in [0.717, 1.165) is 77.0 Å². The van der Waals surface area contributed by atoms with Crippen molar-refractivity contribution in [2.75, 3.05) is 0 Å². The van der Waals surface area contributed by atoms with Crippen LogP contribution in [0.1, 0.15) is 448 Å². The van der Waals surface area contributed by atoms with E-state index in [1.807, 2.05) is 24.3 Å². The maximum atomic E-state index is 15.2. The molecule has 0 amide bonds. The molecule has 0 aliphatic rings. The third kappa shape index (κ3) is 43.8. The van der Waals surface area contributed by atoms with Gasteiger partial charge in [-0.1, -0.05) is 362 Å². The van der Waals surface area contributed by atoms with Crippen molar-refractivity contribution in [2.24, 2.45) is 0 Å². The molecule has 0 saturated carbocycles. The fourth-order valence-electron chi connectivity index (χ4n) is 12.9. The number of hydrogen-bond donors (Lipinski definition) is 0. The first kappa shape index (κ1) is 76.2. The molecule has 0 atom stereocenters. The first-order valence-electron chi connectivity index (χ1n) is 36.9. The molecule has 4 heteroatoms. The lowest BCUT2D eigenvalue weighted by Crippen LogP contribution is -2.37. The van der Waals surface area contributed by atoms with E-state index in [2.05, 4.69) is 41.5 Å². The summed E-state index contributed by atoms with van der Waals surface area (Å²) in [5.41, 5.74) is -0.195. The van der Waals surface area contributed by atoms with Gasteiger partial charge in [-0.2, -0.15) is 0 Å². The molecule has 0 saturated heterocycles. The van der Waals surface area contributed by atoms with Gasteiger partial charge in [0.05, 0.1) is 11.1 Å². The maximum absolute atomic E-state index is 15.2. The summed E-state index contributed by atoms with van der Waals surface area (Å²) in [7, 11) is 0.